The van der Waals surface area contributed by atoms with E-state index in [9.17, 15) is 4.39 Å². The number of hydrogen-bond donors (Lipinski definition) is 1. The number of ether oxygens (including phenoxy) is 1. The molecule has 0 saturated carbocycles. The summed E-state index contributed by atoms with van der Waals surface area (Å²) in [6.45, 7) is 7.47. The number of aliphatic imine (C=N–C) groups is 1. The summed E-state index contributed by atoms with van der Waals surface area (Å²) in [5.41, 5.74) is 0.331. The molecule has 24 heavy (non-hydrogen) atoms. The van der Waals surface area contributed by atoms with Gasteiger partial charge in [0.25, 0.3) is 0 Å². The zero-order valence-corrected chi connectivity index (χ0v) is 15.1. The van der Waals surface area contributed by atoms with Gasteiger partial charge in [-0.25, -0.2) is 4.39 Å². The van der Waals surface area contributed by atoms with Gasteiger partial charge in [0.15, 0.2) is 5.96 Å². The van der Waals surface area contributed by atoms with E-state index in [2.05, 4.69) is 17.1 Å². The lowest BCUT2D eigenvalue weighted by Crippen LogP contribution is -2.41. The van der Waals surface area contributed by atoms with Crippen molar-refractivity contribution in [3.63, 3.8) is 0 Å². The molecule has 6 heteroatoms. The van der Waals surface area contributed by atoms with Gasteiger partial charge in [-0.15, -0.1) is 11.8 Å². The zero-order chi connectivity index (χ0) is 16.8. The Labute approximate surface area is 147 Å². The van der Waals surface area contributed by atoms with Gasteiger partial charge in [-0.2, -0.15) is 0 Å². The lowest BCUT2D eigenvalue weighted by atomic mass is 9.87. The molecule has 2 saturated heterocycles. The fourth-order valence-electron chi connectivity index (χ4n) is 3.38. The molecule has 0 bridgehead atoms. The van der Waals surface area contributed by atoms with Crippen LogP contribution in [0.4, 0.5) is 4.39 Å². The molecule has 2 aliphatic rings. The van der Waals surface area contributed by atoms with Gasteiger partial charge in [0.1, 0.15) is 5.82 Å². The molecule has 3 rings (SSSR count). The van der Waals surface area contributed by atoms with E-state index in [0.29, 0.717) is 16.9 Å². The van der Waals surface area contributed by atoms with E-state index >= 15 is 0 Å². The summed E-state index contributed by atoms with van der Waals surface area (Å²) < 4.78 is 19.2. The minimum atomic E-state index is -0.152. The van der Waals surface area contributed by atoms with Gasteiger partial charge >= 0.3 is 0 Å². The maximum atomic E-state index is 13.6. The van der Waals surface area contributed by atoms with Gasteiger partial charge in [-0.05, 0) is 31.9 Å². The molecule has 0 aliphatic carbocycles. The third kappa shape index (κ3) is 4.22. The quantitative estimate of drug-likeness (QED) is 0.383. The largest absolute Gasteiger partial charge is 0.381 e. The summed E-state index contributed by atoms with van der Waals surface area (Å²) in [7, 11) is 0. The number of guanidine groups is 1. The molecule has 2 heterocycles. The summed E-state index contributed by atoms with van der Waals surface area (Å²) in [5, 5.41) is 3.39. The average Bonchev–Trinajstić information content (AvgIpc) is 3.22. The van der Waals surface area contributed by atoms with E-state index in [4.69, 9.17) is 9.73 Å². The maximum absolute atomic E-state index is 13.6. The summed E-state index contributed by atoms with van der Waals surface area (Å²) in [6.07, 6.45) is 2.34. The Morgan fingerprint density at radius 2 is 2.29 bits per heavy atom. The molecule has 0 radical (unpaired) electrons. The molecular weight excluding hydrogens is 325 g/mol. The first-order valence-corrected chi connectivity index (χ1v) is 9.69. The van der Waals surface area contributed by atoms with Crippen molar-refractivity contribution in [3.05, 3.63) is 30.1 Å². The first kappa shape index (κ1) is 17.5. The first-order chi connectivity index (χ1) is 11.7. The van der Waals surface area contributed by atoms with Crippen molar-refractivity contribution in [1.29, 1.82) is 0 Å². The van der Waals surface area contributed by atoms with Crippen molar-refractivity contribution < 1.29 is 9.13 Å². The summed E-state index contributed by atoms with van der Waals surface area (Å²) in [5.74, 6) is 1.61. The Bertz CT molecular complexity index is 575. The van der Waals surface area contributed by atoms with E-state index in [1.807, 2.05) is 12.1 Å². The van der Waals surface area contributed by atoms with E-state index in [1.54, 1.807) is 6.07 Å². The molecule has 2 fully saturated rings. The molecule has 132 valence electrons. The van der Waals surface area contributed by atoms with Crippen LogP contribution in [0, 0.1) is 11.2 Å². The Kier molecular flexibility index (Phi) is 6.00. The fraction of sp³-hybridized carbons (Fsp3) is 0.611. The van der Waals surface area contributed by atoms with Crippen molar-refractivity contribution in [1.82, 2.24) is 10.2 Å². The zero-order valence-electron chi connectivity index (χ0n) is 14.3. The molecule has 0 amide bonds. The van der Waals surface area contributed by atoms with Crippen molar-refractivity contribution in [2.24, 2.45) is 10.4 Å². The molecule has 1 aromatic rings. The molecule has 1 spiro atoms. The lowest BCUT2D eigenvalue weighted by Gasteiger charge is -2.24. The van der Waals surface area contributed by atoms with E-state index < -0.39 is 0 Å². The third-order valence-electron chi connectivity index (χ3n) is 4.70. The monoisotopic (exact) mass is 351 g/mol. The van der Waals surface area contributed by atoms with Crippen LogP contribution in [0.3, 0.4) is 0 Å². The standard InChI is InChI=1S/C18H26FN3OS/c1-2-20-17(22-10-7-18(13-22)8-11-23-14-18)21-9-12-24-16-6-4-3-5-15(16)19/h3-6H,2,7-14H2,1H3,(H,20,21). The number of hydrogen-bond acceptors (Lipinski definition) is 3. The van der Waals surface area contributed by atoms with Gasteiger partial charge in [-0.3, -0.25) is 4.99 Å². The molecule has 4 nitrogen and oxygen atoms in total. The van der Waals surface area contributed by atoms with Crippen LogP contribution >= 0.6 is 11.8 Å². The van der Waals surface area contributed by atoms with Crippen LogP contribution in [0.1, 0.15) is 19.8 Å². The minimum Gasteiger partial charge on any atom is -0.381 e. The van der Waals surface area contributed by atoms with E-state index in [0.717, 1.165) is 51.0 Å². The predicted molar refractivity (Wildman–Crippen MR) is 97.2 cm³/mol. The van der Waals surface area contributed by atoms with Gasteiger partial charge in [-0.1, -0.05) is 12.1 Å². The number of likely N-dealkylation sites (tertiary alicyclic amines) is 1. The van der Waals surface area contributed by atoms with Gasteiger partial charge in [0.2, 0.25) is 0 Å². The maximum Gasteiger partial charge on any atom is 0.193 e. The third-order valence-corrected chi connectivity index (χ3v) is 5.73. The van der Waals surface area contributed by atoms with Crippen LogP contribution in [0.2, 0.25) is 0 Å². The number of nitrogens with zero attached hydrogens (tertiary/aromatic N) is 2. The van der Waals surface area contributed by atoms with E-state index in [1.165, 1.54) is 24.2 Å². The molecular formula is C18H26FN3OS. The van der Waals surface area contributed by atoms with Gasteiger partial charge < -0.3 is 15.0 Å². The molecule has 1 atom stereocenters. The van der Waals surface area contributed by atoms with Crippen LogP contribution < -0.4 is 5.32 Å². The van der Waals surface area contributed by atoms with Crippen LogP contribution in [-0.2, 0) is 4.74 Å². The lowest BCUT2D eigenvalue weighted by molar-refractivity contribution is 0.156. The predicted octanol–water partition coefficient (Wildman–Crippen LogP) is 3.00. The Morgan fingerprint density at radius 1 is 1.42 bits per heavy atom. The Balaban J connectivity index is 1.53. The van der Waals surface area contributed by atoms with Crippen LogP contribution in [0.15, 0.2) is 34.2 Å². The van der Waals surface area contributed by atoms with Crippen LogP contribution in [0.5, 0.6) is 0 Å². The number of benzene rings is 1. The van der Waals surface area contributed by atoms with Crippen molar-refractivity contribution in [2.75, 3.05) is 45.1 Å². The highest BCUT2D eigenvalue weighted by Crippen LogP contribution is 2.38. The molecule has 1 N–H and O–H groups in total. The number of nitrogens with one attached hydrogen (secondary N) is 1. The summed E-state index contributed by atoms with van der Waals surface area (Å²) >= 11 is 1.52. The highest BCUT2D eigenvalue weighted by atomic mass is 32.2. The van der Waals surface area contributed by atoms with Crippen LogP contribution in [-0.4, -0.2) is 56.0 Å². The first-order valence-electron chi connectivity index (χ1n) is 8.71. The highest BCUT2D eigenvalue weighted by molar-refractivity contribution is 7.99. The van der Waals surface area contributed by atoms with Crippen LogP contribution in [0.25, 0.3) is 0 Å². The second-order valence-corrected chi connectivity index (χ2v) is 7.63. The molecule has 1 unspecified atom stereocenters. The normalized spacial score (nSPS) is 24.1. The van der Waals surface area contributed by atoms with Crippen molar-refractivity contribution >= 4 is 17.7 Å². The van der Waals surface area contributed by atoms with Gasteiger partial charge in [0.05, 0.1) is 13.2 Å². The SMILES string of the molecule is CCNC(=NCCSc1ccccc1F)N1CCC2(CCOC2)C1. The minimum absolute atomic E-state index is 0.152. The Morgan fingerprint density at radius 3 is 3.04 bits per heavy atom. The number of thioether (sulfide) groups is 1. The number of halogens is 1. The summed E-state index contributed by atoms with van der Waals surface area (Å²) in [6, 6.07) is 6.91. The summed E-state index contributed by atoms with van der Waals surface area (Å²) in [4.78, 5) is 7.79. The average molecular weight is 351 g/mol. The number of rotatable bonds is 5. The van der Waals surface area contributed by atoms with E-state index in [-0.39, 0.29) is 5.82 Å². The van der Waals surface area contributed by atoms with Gasteiger partial charge in [0, 0.05) is 42.3 Å². The van der Waals surface area contributed by atoms with Crippen molar-refractivity contribution in [2.45, 2.75) is 24.7 Å². The molecule has 0 aromatic heterocycles. The molecule has 1 aromatic carbocycles. The highest BCUT2D eigenvalue weighted by Gasteiger charge is 2.42. The molecule has 2 aliphatic heterocycles. The fourth-order valence-corrected chi connectivity index (χ4v) is 4.17. The topological polar surface area (TPSA) is 36.9 Å². The van der Waals surface area contributed by atoms with Crippen molar-refractivity contribution in [3.8, 4) is 0 Å². The Hall–Kier alpha value is -1.27. The smallest absolute Gasteiger partial charge is 0.193 e. The second kappa shape index (κ2) is 8.21. The second-order valence-electron chi connectivity index (χ2n) is 6.49.